The molecule has 4 rings (SSSR count). The molecule has 2 aliphatic rings. The van der Waals surface area contributed by atoms with Gasteiger partial charge in [0.1, 0.15) is 5.82 Å². The van der Waals surface area contributed by atoms with Gasteiger partial charge in [-0.15, -0.1) is 0 Å². The number of ether oxygens (including phenoxy) is 1. The van der Waals surface area contributed by atoms with Crippen LogP contribution in [0, 0.1) is 19.3 Å². The molecule has 10 heteroatoms. The summed E-state index contributed by atoms with van der Waals surface area (Å²) < 4.78 is 10.5. The van der Waals surface area contributed by atoms with E-state index in [2.05, 4.69) is 20.4 Å². The van der Waals surface area contributed by atoms with Crippen molar-refractivity contribution in [1.29, 1.82) is 0 Å². The third-order valence-electron chi connectivity index (χ3n) is 6.16. The number of H-pyrrole nitrogens is 1. The number of carbonyl (C=O) groups excluding carboxylic acids is 2. The van der Waals surface area contributed by atoms with Crippen LogP contribution >= 0.6 is 0 Å². The molecular weight excluding hydrogens is 414 g/mol. The van der Waals surface area contributed by atoms with E-state index >= 15 is 0 Å². The average Bonchev–Trinajstić information content (AvgIpc) is 3.36. The molecule has 2 aromatic heterocycles. The smallest absolute Gasteiger partial charge is 0.289 e. The Balaban J connectivity index is 1.48. The quantitative estimate of drug-likeness (QED) is 0.667. The standard InChI is InChI=1S/C22H27N5O5/c1-14-9-18(32-26-14)21(30)24-12-17-10-22(5-7-31-8-6-22)13-27(17)19(28)4-3-16-11-23-15(2)25-20(16)29/h3-4,9,11,17H,5-8,10,12-13H2,1-2H3,(H,24,30)(H,23,25,29)/b4-3+. The summed E-state index contributed by atoms with van der Waals surface area (Å²) in [5.41, 5.74) is 0.618. The summed E-state index contributed by atoms with van der Waals surface area (Å²) >= 11 is 0. The first kappa shape index (κ1) is 21.9. The highest BCUT2D eigenvalue weighted by Gasteiger charge is 2.46. The van der Waals surface area contributed by atoms with Crippen LogP contribution in [0.5, 0.6) is 0 Å². The van der Waals surface area contributed by atoms with Gasteiger partial charge in [0.2, 0.25) is 11.7 Å². The summed E-state index contributed by atoms with van der Waals surface area (Å²) in [5, 5.41) is 6.60. The molecule has 1 atom stereocenters. The summed E-state index contributed by atoms with van der Waals surface area (Å²) in [6.07, 6.45) is 6.84. The van der Waals surface area contributed by atoms with E-state index in [4.69, 9.17) is 9.26 Å². The Labute approximate surface area is 185 Å². The minimum atomic E-state index is -0.362. The zero-order valence-electron chi connectivity index (χ0n) is 18.2. The van der Waals surface area contributed by atoms with E-state index in [0.717, 1.165) is 19.3 Å². The number of hydrogen-bond donors (Lipinski definition) is 2. The van der Waals surface area contributed by atoms with Gasteiger partial charge in [-0.3, -0.25) is 14.4 Å². The van der Waals surface area contributed by atoms with E-state index in [-0.39, 0.29) is 34.6 Å². The Morgan fingerprint density at radius 1 is 1.34 bits per heavy atom. The van der Waals surface area contributed by atoms with E-state index in [9.17, 15) is 14.4 Å². The van der Waals surface area contributed by atoms with Crippen molar-refractivity contribution in [1.82, 2.24) is 25.3 Å². The zero-order valence-corrected chi connectivity index (χ0v) is 18.2. The van der Waals surface area contributed by atoms with Gasteiger partial charge in [0.05, 0.1) is 11.3 Å². The van der Waals surface area contributed by atoms with Crippen LogP contribution in [-0.2, 0) is 9.53 Å². The molecular formula is C22H27N5O5. The number of aromatic amines is 1. The lowest BCUT2D eigenvalue weighted by Gasteiger charge is -2.32. The molecule has 0 aliphatic carbocycles. The highest BCUT2D eigenvalue weighted by molar-refractivity contribution is 5.93. The van der Waals surface area contributed by atoms with E-state index in [1.165, 1.54) is 18.3 Å². The van der Waals surface area contributed by atoms with Crippen molar-refractivity contribution < 1.29 is 18.8 Å². The predicted molar refractivity (Wildman–Crippen MR) is 115 cm³/mol. The van der Waals surface area contributed by atoms with Gasteiger partial charge in [-0.05, 0) is 44.6 Å². The second kappa shape index (κ2) is 9.07. The summed E-state index contributed by atoms with van der Waals surface area (Å²) in [4.78, 5) is 46.0. The molecule has 2 saturated heterocycles. The third kappa shape index (κ3) is 4.80. The third-order valence-corrected chi connectivity index (χ3v) is 6.16. The van der Waals surface area contributed by atoms with Gasteiger partial charge < -0.3 is 24.5 Å². The molecule has 0 radical (unpaired) electrons. The first-order valence-electron chi connectivity index (χ1n) is 10.7. The average molecular weight is 441 g/mol. The highest BCUT2D eigenvalue weighted by atomic mass is 16.5. The number of nitrogens with zero attached hydrogens (tertiary/aromatic N) is 3. The van der Waals surface area contributed by atoms with Crippen LogP contribution in [0.3, 0.4) is 0 Å². The fourth-order valence-corrected chi connectivity index (χ4v) is 4.41. The molecule has 1 spiro atoms. The molecule has 1 unspecified atom stereocenters. The Bertz CT molecular complexity index is 1080. The van der Waals surface area contributed by atoms with Gasteiger partial charge >= 0.3 is 0 Å². The van der Waals surface area contributed by atoms with E-state index in [1.54, 1.807) is 24.8 Å². The van der Waals surface area contributed by atoms with Gasteiger partial charge in [0.15, 0.2) is 0 Å². The molecule has 0 bridgehead atoms. The van der Waals surface area contributed by atoms with E-state index < -0.39 is 0 Å². The Hall–Kier alpha value is -3.27. The van der Waals surface area contributed by atoms with Crippen molar-refractivity contribution in [2.75, 3.05) is 26.3 Å². The molecule has 32 heavy (non-hydrogen) atoms. The number of carbonyl (C=O) groups is 2. The van der Waals surface area contributed by atoms with Crippen LogP contribution in [0.1, 0.15) is 46.9 Å². The molecule has 4 heterocycles. The van der Waals surface area contributed by atoms with Gasteiger partial charge in [0.25, 0.3) is 11.5 Å². The second-order valence-corrected chi connectivity index (χ2v) is 8.57. The number of hydrogen-bond acceptors (Lipinski definition) is 7. The molecule has 2 N–H and O–H groups in total. The van der Waals surface area contributed by atoms with Crippen molar-refractivity contribution in [3.8, 4) is 0 Å². The SMILES string of the molecule is Cc1cc(C(=O)NCC2CC3(CCOCC3)CN2C(=O)/C=C/c2cnc(C)[nH]c2=O)on1. The predicted octanol–water partition coefficient (Wildman–Crippen LogP) is 1.22. The molecule has 0 aromatic carbocycles. The van der Waals surface area contributed by atoms with Crippen molar-refractivity contribution in [2.45, 2.75) is 39.2 Å². The highest BCUT2D eigenvalue weighted by Crippen LogP contribution is 2.42. The number of aromatic nitrogens is 3. The van der Waals surface area contributed by atoms with Crippen LogP contribution in [0.4, 0.5) is 0 Å². The lowest BCUT2D eigenvalue weighted by Crippen LogP contribution is -2.42. The number of amides is 2. The summed E-state index contributed by atoms with van der Waals surface area (Å²) in [5.74, 6) is 0.0872. The first-order chi connectivity index (χ1) is 15.3. The largest absolute Gasteiger partial charge is 0.381 e. The van der Waals surface area contributed by atoms with E-state index in [1.807, 2.05) is 0 Å². The maximum Gasteiger partial charge on any atom is 0.289 e. The first-order valence-corrected chi connectivity index (χ1v) is 10.7. The number of likely N-dealkylation sites (tertiary alicyclic amines) is 1. The lowest BCUT2D eigenvalue weighted by atomic mass is 9.78. The van der Waals surface area contributed by atoms with Crippen LogP contribution in [0.2, 0.25) is 0 Å². The van der Waals surface area contributed by atoms with Gasteiger partial charge in [-0.25, -0.2) is 4.98 Å². The zero-order chi connectivity index (χ0) is 22.7. The van der Waals surface area contributed by atoms with Crippen molar-refractivity contribution >= 4 is 17.9 Å². The van der Waals surface area contributed by atoms with Crippen LogP contribution in [0.25, 0.3) is 6.08 Å². The molecule has 2 fully saturated rings. The maximum absolute atomic E-state index is 13.1. The Morgan fingerprint density at radius 3 is 2.81 bits per heavy atom. The van der Waals surface area contributed by atoms with Crippen LogP contribution < -0.4 is 10.9 Å². The molecule has 2 amide bonds. The second-order valence-electron chi connectivity index (χ2n) is 8.57. The summed E-state index contributed by atoms with van der Waals surface area (Å²) in [6.45, 7) is 5.65. The van der Waals surface area contributed by atoms with E-state index in [0.29, 0.717) is 43.4 Å². The maximum atomic E-state index is 13.1. The fourth-order valence-electron chi connectivity index (χ4n) is 4.41. The normalized spacial score (nSPS) is 20.2. The van der Waals surface area contributed by atoms with Crippen molar-refractivity contribution in [3.63, 3.8) is 0 Å². The Kier molecular flexibility index (Phi) is 6.22. The fraction of sp³-hybridized carbons (Fsp3) is 0.500. The van der Waals surface area contributed by atoms with Gasteiger partial charge in [-0.2, -0.15) is 0 Å². The van der Waals surface area contributed by atoms with Crippen LogP contribution in [0.15, 0.2) is 27.7 Å². The monoisotopic (exact) mass is 441 g/mol. The molecule has 0 saturated carbocycles. The summed E-state index contributed by atoms with van der Waals surface area (Å²) in [7, 11) is 0. The van der Waals surface area contributed by atoms with Gasteiger partial charge in [0, 0.05) is 50.7 Å². The minimum absolute atomic E-state index is 0.0249. The van der Waals surface area contributed by atoms with Crippen molar-refractivity contribution in [3.05, 3.63) is 51.5 Å². The Morgan fingerprint density at radius 2 is 2.12 bits per heavy atom. The van der Waals surface area contributed by atoms with Crippen molar-refractivity contribution in [2.24, 2.45) is 5.41 Å². The lowest BCUT2D eigenvalue weighted by molar-refractivity contribution is -0.127. The minimum Gasteiger partial charge on any atom is -0.381 e. The van der Waals surface area contributed by atoms with Gasteiger partial charge in [-0.1, -0.05) is 5.16 Å². The van der Waals surface area contributed by atoms with Crippen LogP contribution in [-0.4, -0.2) is 64.2 Å². The number of nitrogens with one attached hydrogen (secondary N) is 2. The number of aryl methyl sites for hydroxylation is 2. The molecule has 2 aromatic rings. The molecule has 170 valence electrons. The number of rotatable bonds is 5. The summed E-state index contributed by atoms with van der Waals surface area (Å²) in [6, 6.07) is 1.40. The topological polar surface area (TPSA) is 130 Å². The molecule has 10 nitrogen and oxygen atoms in total. The molecule has 2 aliphatic heterocycles.